The van der Waals surface area contributed by atoms with Crippen molar-refractivity contribution in [1.29, 1.82) is 0 Å². The van der Waals surface area contributed by atoms with Crippen LogP contribution in [-0.2, 0) is 7.05 Å². The van der Waals surface area contributed by atoms with E-state index < -0.39 is 6.09 Å². The lowest BCUT2D eigenvalue weighted by molar-refractivity contribution is 0.131. The number of hydrogen-bond acceptors (Lipinski definition) is 7. The SMILES string of the molecule is CC(C)c1cc(-c2nnc(O)n2-c2ccc3c(c2)nc(C2CCN(C(=O)O)CC2)n3C)c(O)cc1O. The molecule has 2 aromatic carbocycles. The third kappa shape index (κ3) is 3.86. The fourth-order valence-corrected chi connectivity index (χ4v) is 4.96. The van der Waals surface area contributed by atoms with Gasteiger partial charge in [0.2, 0.25) is 0 Å². The van der Waals surface area contributed by atoms with Gasteiger partial charge in [0.25, 0.3) is 0 Å². The van der Waals surface area contributed by atoms with Crippen LogP contribution in [0.4, 0.5) is 4.79 Å². The quantitative estimate of drug-likeness (QED) is 0.335. The van der Waals surface area contributed by atoms with Crippen LogP contribution in [0.2, 0.25) is 0 Å². The third-order valence-electron chi connectivity index (χ3n) is 6.94. The number of imidazole rings is 1. The highest BCUT2D eigenvalue weighted by atomic mass is 16.4. The molecule has 188 valence electrons. The second-order valence-corrected chi connectivity index (χ2v) is 9.49. The van der Waals surface area contributed by atoms with Gasteiger partial charge in [0, 0.05) is 32.1 Å². The summed E-state index contributed by atoms with van der Waals surface area (Å²) in [5.41, 5.74) is 3.14. The maximum absolute atomic E-state index is 11.2. The number of piperidine rings is 1. The lowest BCUT2D eigenvalue weighted by atomic mass is 9.96. The first-order valence-electron chi connectivity index (χ1n) is 11.8. The first kappa shape index (κ1) is 23.5. The largest absolute Gasteiger partial charge is 0.508 e. The van der Waals surface area contributed by atoms with E-state index in [1.165, 1.54) is 15.5 Å². The van der Waals surface area contributed by atoms with E-state index in [0.717, 1.165) is 11.3 Å². The van der Waals surface area contributed by atoms with Crippen LogP contribution in [0.5, 0.6) is 17.5 Å². The molecule has 0 aliphatic carbocycles. The van der Waals surface area contributed by atoms with Gasteiger partial charge in [-0.25, -0.2) is 14.3 Å². The number of nitrogens with zero attached hydrogens (tertiary/aromatic N) is 6. The van der Waals surface area contributed by atoms with E-state index in [0.29, 0.717) is 48.3 Å². The van der Waals surface area contributed by atoms with Crippen LogP contribution in [0, 0.1) is 0 Å². The molecule has 0 bridgehead atoms. The average molecular weight is 493 g/mol. The number of likely N-dealkylation sites (tertiary alicyclic amines) is 1. The van der Waals surface area contributed by atoms with Gasteiger partial charge < -0.3 is 29.9 Å². The van der Waals surface area contributed by atoms with Crippen molar-refractivity contribution in [2.24, 2.45) is 7.05 Å². The van der Waals surface area contributed by atoms with E-state index in [2.05, 4.69) is 10.2 Å². The Hall–Kier alpha value is -4.28. The molecule has 3 heterocycles. The standard InChI is InChI=1S/C25H28N6O5/c1-13(2)16-11-17(21(33)12-20(16)32)23-27-28-24(34)31(23)15-4-5-19-18(10-15)26-22(29(19)3)14-6-8-30(9-7-14)25(35)36/h4-5,10-14,32-33H,6-9H2,1-3H3,(H,28,34)(H,35,36). The van der Waals surface area contributed by atoms with Crippen molar-refractivity contribution in [2.75, 3.05) is 13.1 Å². The smallest absolute Gasteiger partial charge is 0.407 e. The Labute approximate surface area is 206 Å². The Morgan fingerprint density at radius 2 is 1.75 bits per heavy atom. The van der Waals surface area contributed by atoms with Crippen molar-refractivity contribution in [2.45, 2.75) is 38.5 Å². The Kier molecular flexibility index (Phi) is 5.70. The van der Waals surface area contributed by atoms with E-state index in [1.54, 1.807) is 6.07 Å². The number of rotatable bonds is 4. The second kappa shape index (κ2) is 8.74. The summed E-state index contributed by atoms with van der Waals surface area (Å²) in [6.45, 7) is 4.80. The minimum absolute atomic E-state index is 0.0000246. The van der Waals surface area contributed by atoms with Gasteiger partial charge in [0.1, 0.15) is 17.3 Å². The van der Waals surface area contributed by atoms with Crippen molar-refractivity contribution >= 4 is 17.1 Å². The Balaban J connectivity index is 1.55. The number of phenolic OH excluding ortho intramolecular Hbond substituents is 2. The molecule has 2 aromatic heterocycles. The number of aryl methyl sites for hydroxylation is 1. The van der Waals surface area contributed by atoms with Gasteiger partial charge in [-0.2, -0.15) is 0 Å². The number of phenols is 2. The number of carbonyl (C=O) groups is 1. The highest BCUT2D eigenvalue weighted by molar-refractivity contribution is 5.80. The van der Waals surface area contributed by atoms with Crippen LogP contribution in [-0.4, -0.2) is 68.8 Å². The Morgan fingerprint density at radius 1 is 1.03 bits per heavy atom. The molecule has 1 fully saturated rings. The van der Waals surface area contributed by atoms with Gasteiger partial charge in [-0.15, -0.1) is 5.10 Å². The average Bonchev–Trinajstić information content (AvgIpc) is 3.38. The minimum Gasteiger partial charge on any atom is -0.508 e. The van der Waals surface area contributed by atoms with Gasteiger partial charge in [0.05, 0.1) is 22.3 Å². The monoisotopic (exact) mass is 492 g/mol. The van der Waals surface area contributed by atoms with Crippen LogP contribution >= 0.6 is 0 Å². The maximum atomic E-state index is 11.2. The van der Waals surface area contributed by atoms with Crippen LogP contribution in [0.1, 0.15) is 49.9 Å². The molecule has 0 radical (unpaired) electrons. The normalized spacial score (nSPS) is 14.7. The Morgan fingerprint density at radius 3 is 2.42 bits per heavy atom. The zero-order valence-corrected chi connectivity index (χ0v) is 20.3. The predicted octanol–water partition coefficient (Wildman–Crippen LogP) is 3.92. The summed E-state index contributed by atoms with van der Waals surface area (Å²) >= 11 is 0. The predicted molar refractivity (Wildman–Crippen MR) is 132 cm³/mol. The molecule has 5 rings (SSSR count). The number of aromatic hydroxyl groups is 3. The summed E-state index contributed by atoms with van der Waals surface area (Å²) in [4.78, 5) is 17.5. The first-order valence-corrected chi connectivity index (χ1v) is 11.8. The molecule has 1 saturated heterocycles. The van der Waals surface area contributed by atoms with E-state index in [9.17, 15) is 25.2 Å². The van der Waals surface area contributed by atoms with E-state index in [-0.39, 0.29) is 35.2 Å². The second-order valence-electron chi connectivity index (χ2n) is 9.49. The topological polar surface area (TPSA) is 150 Å². The lowest BCUT2D eigenvalue weighted by Crippen LogP contribution is -2.37. The van der Waals surface area contributed by atoms with Crippen molar-refractivity contribution in [3.05, 3.63) is 41.7 Å². The van der Waals surface area contributed by atoms with E-state index >= 15 is 0 Å². The summed E-state index contributed by atoms with van der Waals surface area (Å²) in [5, 5.41) is 48.5. The third-order valence-corrected chi connectivity index (χ3v) is 6.94. The molecule has 0 unspecified atom stereocenters. The molecule has 0 saturated carbocycles. The summed E-state index contributed by atoms with van der Waals surface area (Å²) in [6, 6.07) is 8.10. The van der Waals surface area contributed by atoms with Crippen LogP contribution < -0.4 is 0 Å². The van der Waals surface area contributed by atoms with Crippen molar-refractivity contribution in [1.82, 2.24) is 29.2 Å². The van der Waals surface area contributed by atoms with Gasteiger partial charge in [-0.3, -0.25) is 0 Å². The molecule has 11 nitrogen and oxygen atoms in total. The number of carboxylic acid groups (broad SMARTS) is 1. The summed E-state index contributed by atoms with van der Waals surface area (Å²) in [6.07, 6.45) is 0.503. The molecule has 1 amide bonds. The molecule has 1 aliphatic heterocycles. The molecule has 0 atom stereocenters. The number of aromatic nitrogens is 5. The fourth-order valence-electron chi connectivity index (χ4n) is 4.96. The molecular formula is C25H28N6O5. The number of fused-ring (bicyclic) bond motifs is 1. The maximum Gasteiger partial charge on any atom is 0.407 e. The van der Waals surface area contributed by atoms with Crippen LogP contribution in [0.3, 0.4) is 0 Å². The molecule has 4 N–H and O–H groups in total. The van der Waals surface area contributed by atoms with Gasteiger partial charge in [-0.1, -0.05) is 18.9 Å². The Bertz CT molecular complexity index is 1470. The molecule has 36 heavy (non-hydrogen) atoms. The van der Waals surface area contributed by atoms with Crippen molar-refractivity contribution in [3.8, 4) is 34.6 Å². The summed E-state index contributed by atoms with van der Waals surface area (Å²) < 4.78 is 3.45. The van der Waals surface area contributed by atoms with Crippen molar-refractivity contribution < 1.29 is 25.2 Å². The highest BCUT2D eigenvalue weighted by Crippen LogP contribution is 2.39. The van der Waals surface area contributed by atoms with Crippen LogP contribution in [0.15, 0.2) is 30.3 Å². The van der Waals surface area contributed by atoms with E-state index in [4.69, 9.17) is 4.98 Å². The summed E-state index contributed by atoms with van der Waals surface area (Å²) in [7, 11) is 1.94. The summed E-state index contributed by atoms with van der Waals surface area (Å²) in [5.74, 6) is 1.06. The number of benzene rings is 2. The zero-order chi connectivity index (χ0) is 25.7. The molecule has 4 aromatic rings. The van der Waals surface area contributed by atoms with Gasteiger partial charge in [0.15, 0.2) is 5.82 Å². The molecule has 11 heteroatoms. The lowest BCUT2D eigenvalue weighted by Gasteiger charge is -2.29. The van der Waals surface area contributed by atoms with Crippen molar-refractivity contribution in [3.63, 3.8) is 0 Å². The number of amides is 1. The highest BCUT2D eigenvalue weighted by Gasteiger charge is 2.27. The van der Waals surface area contributed by atoms with Gasteiger partial charge >= 0.3 is 12.1 Å². The zero-order valence-electron chi connectivity index (χ0n) is 20.3. The minimum atomic E-state index is -0.896. The fraction of sp³-hybridized carbons (Fsp3) is 0.360. The number of hydrogen-bond donors (Lipinski definition) is 4. The van der Waals surface area contributed by atoms with Gasteiger partial charge in [-0.05, 0) is 48.6 Å². The molecule has 1 aliphatic rings. The molecular weight excluding hydrogens is 464 g/mol. The van der Waals surface area contributed by atoms with Crippen LogP contribution in [0.25, 0.3) is 28.1 Å². The first-order chi connectivity index (χ1) is 17.2. The molecule has 0 spiro atoms. The van der Waals surface area contributed by atoms with E-state index in [1.807, 2.05) is 43.7 Å².